The van der Waals surface area contributed by atoms with E-state index in [2.05, 4.69) is 22.6 Å². The second kappa shape index (κ2) is 21.5. The number of hydrogen-bond acceptors (Lipinski definition) is 12. The Morgan fingerprint density at radius 3 is 1.15 bits per heavy atom. The molecule has 0 N–H and O–H groups in total. The van der Waals surface area contributed by atoms with Crippen molar-refractivity contribution in [2.45, 2.75) is 48.4 Å². The van der Waals surface area contributed by atoms with Crippen molar-refractivity contribution in [3.63, 3.8) is 0 Å². The Morgan fingerprint density at radius 1 is 0.538 bits per heavy atom. The van der Waals surface area contributed by atoms with Crippen LogP contribution in [0.3, 0.4) is 0 Å². The first-order valence-electron chi connectivity index (χ1n) is 12.3. The van der Waals surface area contributed by atoms with E-state index in [1.54, 1.807) is 0 Å². The average Bonchev–Trinajstić information content (AvgIpc) is 2.92. The zero-order chi connectivity index (χ0) is 29.5. The van der Waals surface area contributed by atoms with Gasteiger partial charge in [-0.25, -0.2) is 0 Å². The Hall–Kier alpha value is -3.42. The molecule has 0 saturated heterocycles. The quantitative estimate of drug-likeness (QED) is 0.0620. The van der Waals surface area contributed by atoms with Crippen LogP contribution in [0, 0.1) is 0 Å². The van der Waals surface area contributed by atoms with Crippen molar-refractivity contribution in [3.8, 4) is 0 Å². The molecule has 0 aliphatic heterocycles. The molecule has 0 rings (SSSR count). The van der Waals surface area contributed by atoms with Crippen LogP contribution < -0.4 is 0 Å². The standard InChI is InChI=1S/2C9H10O6.2C4H9.Sn/c2*1-2-8(12)14-5-6-15-9(13)4-3-7(10)11;2*1-3-4-2;/h2*2-4H,1,5-6H2,(H,10,11);2*1,3-4H2,2H3;/q;;;;+2/p-2/b2*4-3+;;;. The minimum atomic E-state index is -4.37. The molecule has 0 saturated carbocycles. The van der Waals surface area contributed by atoms with Crippen LogP contribution in [-0.4, -0.2) is 81.4 Å². The number of unbranched alkanes of at least 4 members (excludes halogenated alkanes) is 2. The molecule has 0 heterocycles. The van der Waals surface area contributed by atoms with Crippen LogP contribution in [-0.2, 0) is 53.9 Å². The second-order valence-electron chi connectivity index (χ2n) is 7.70. The zero-order valence-corrected chi connectivity index (χ0v) is 25.2. The molecule has 0 aliphatic rings. The van der Waals surface area contributed by atoms with Crippen molar-refractivity contribution < 1.29 is 53.9 Å². The molecule has 0 bridgehead atoms. The summed E-state index contributed by atoms with van der Waals surface area (Å²) in [6.07, 6.45) is 8.21. The molecule has 13 heteroatoms. The van der Waals surface area contributed by atoms with Gasteiger partial charge >= 0.3 is 233 Å². The van der Waals surface area contributed by atoms with E-state index in [0.29, 0.717) is 21.7 Å². The van der Waals surface area contributed by atoms with E-state index in [-0.39, 0.29) is 26.4 Å². The molecule has 0 fully saturated rings. The number of rotatable bonds is 20. The van der Waals surface area contributed by atoms with Crippen LogP contribution in [0.25, 0.3) is 0 Å². The summed E-state index contributed by atoms with van der Waals surface area (Å²) >= 11 is -4.37. The molecular formula is C26H36O12Sn. The van der Waals surface area contributed by atoms with Crippen LogP contribution in [0.15, 0.2) is 49.6 Å². The molecule has 0 aliphatic carbocycles. The molecule has 0 unspecified atom stereocenters. The third-order valence-electron chi connectivity index (χ3n) is 4.58. The van der Waals surface area contributed by atoms with E-state index in [0.717, 1.165) is 49.3 Å². The van der Waals surface area contributed by atoms with E-state index in [1.165, 1.54) is 0 Å². The summed E-state index contributed by atoms with van der Waals surface area (Å²) in [7, 11) is 0. The summed E-state index contributed by atoms with van der Waals surface area (Å²) in [5.74, 6) is -4.77. The summed E-state index contributed by atoms with van der Waals surface area (Å²) in [6.45, 7) is 9.54. The molecular weight excluding hydrogens is 623 g/mol. The van der Waals surface area contributed by atoms with Gasteiger partial charge in [-0.3, -0.25) is 0 Å². The fourth-order valence-corrected chi connectivity index (χ4v) is 12.3. The van der Waals surface area contributed by atoms with Gasteiger partial charge in [0, 0.05) is 0 Å². The molecule has 0 aromatic heterocycles. The van der Waals surface area contributed by atoms with Crippen molar-refractivity contribution in [2.75, 3.05) is 26.4 Å². The third kappa shape index (κ3) is 18.5. The van der Waals surface area contributed by atoms with E-state index in [1.807, 2.05) is 13.8 Å². The molecule has 0 spiro atoms. The van der Waals surface area contributed by atoms with Crippen LogP contribution >= 0.6 is 0 Å². The van der Waals surface area contributed by atoms with Gasteiger partial charge in [0.25, 0.3) is 0 Å². The van der Waals surface area contributed by atoms with Gasteiger partial charge in [-0.1, -0.05) is 0 Å². The summed E-state index contributed by atoms with van der Waals surface area (Å²) < 4.78 is 31.2. The van der Waals surface area contributed by atoms with E-state index < -0.39 is 55.0 Å². The van der Waals surface area contributed by atoms with Crippen molar-refractivity contribution in [1.82, 2.24) is 0 Å². The Morgan fingerprint density at radius 2 is 0.846 bits per heavy atom. The maximum absolute atomic E-state index is 12.5. The first-order valence-corrected chi connectivity index (χ1v) is 18.7. The van der Waals surface area contributed by atoms with Crippen LogP contribution in [0.1, 0.15) is 39.5 Å². The Labute approximate surface area is 232 Å². The van der Waals surface area contributed by atoms with Crippen molar-refractivity contribution in [1.29, 1.82) is 0 Å². The van der Waals surface area contributed by atoms with Crippen LogP contribution in [0.4, 0.5) is 0 Å². The normalized spacial score (nSPS) is 10.9. The summed E-state index contributed by atoms with van der Waals surface area (Å²) in [5, 5.41) is 0. The number of esters is 4. The van der Waals surface area contributed by atoms with Crippen molar-refractivity contribution in [3.05, 3.63) is 49.6 Å². The molecule has 0 amide bonds. The molecule has 0 aromatic rings. The van der Waals surface area contributed by atoms with Crippen LogP contribution in [0.2, 0.25) is 8.87 Å². The summed E-state index contributed by atoms with van der Waals surface area (Å²) in [6, 6.07) is 0. The van der Waals surface area contributed by atoms with E-state index in [4.69, 9.17) is 15.6 Å². The van der Waals surface area contributed by atoms with Gasteiger partial charge in [0.2, 0.25) is 0 Å². The predicted molar refractivity (Wildman–Crippen MR) is 140 cm³/mol. The third-order valence-corrected chi connectivity index (χ3v) is 14.2. The number of hydrogen-bond donors (Lipinski definition) is 0. The first-order chi connectivity index (χ1) is 18.6. The fraction of sp³-hybridized carbons (Fsp3) is 0.462. The SMILES string of the molecule is C=CC(=O)OCCOC(=O)/C=C/C(=O)[O][Sn]([CH2]CCC)([CH2]CCC)[O]C(=O)/C=C/C(=O)OCCOC(=O)C=C. The average molecular weight is 659 g/mol. The van der Waals surface area contributed by atoms with Gasteiger partial charge in [-0.05, 0) is 0 Å². The number of carbonyl (C=O) groups is 6. The molecule has 39 heavy (non-hydrogen) atoms. The molecule has 0 radical (unpaired) electrons. The molecule has 216 valence electrons. The Balaban J connectivity index is 5.17. The molecule has 0 aromatic carbocycles. The maximum atomic E-state index is 12.5. The second-order valence-corrected chi connectivity index (χ2v) is 16.9. The zero-order valence-electron chi connectivity index (χ0n) is 22.3. The van der Waals surface area contributed by atoms with Crippen LogP contribution in [0.5, 0.6) is 0 Å². The Bertz CT molecular complexity index is 848. The van der Waals surface area contributed by atoms with Gasteiger partial charge in [0.15, 0.2) is 0 Å². The topological polar surface area (TPSA) is 158 Å². The van der Waals surface area contributed by atoms with Gasteiger partial charge in [-0.15, -0.1) is 0 Å². The monoisotopic (exact) mass is 660 g/mol. The fourth-order valence-electron chi connectivity index (χ4n) is 2.73. The summed E-state index contributed by atoms with van der Waals surface area (Å²) in [5.41, 5.74) is 0. The van der Waals surface area contributed by atoms with Gasteiger partial charge < -0.3 is 0 Å². The van der Waals surface area contributed by atoms with Crippen molar-refractivity contribution >= 4 is 55.0 Å². The minimum absolute atomic E-state index is 0.178. The van der Waals surface area contributed by atoms with Gasteiger partial charge in [-0.2, -0.15) is 0 Å². The predicted octanol–water partition coefficient (Wildman–Crippen LogP) is 2.77. The van der Waals surface area contributed by atoms with Gasteiger partial charge in [0.05, 0.1) is 0 Å². The first kappa shape index (κ1) is 35.6. The molecule has 12 nitrogen and oxygen atoms in total. The number of carbonyl (C=O) groups excluding carboxylic acids is 6. The number of ether oxygens (including phenoxy) is 4. The molecule has 0 atom stereocenters. The van der Waals surface area contributed by atoms with E-state index >= 15 is 0 Å². The summed E-state index contributed by atoms with van der Waals surface area (Å²) in [4.78, 5) is 70.6. The Kier molecular flexibility index (Phi) is 19.6. The van der Waals surface area contributed by atoms with E-state index in [9.17, 15) is 28.8 Å². The van der Waals surface area contributed by atoms with Gasteiger partial charge in [0.1, 0.15) is 0 Å². The van der Waals surface area contributed by atoms with Crippen molar-refractivity contribution in [2.24, 2.45) is 0 Å².